The van der Waals surface area contributed by atoms with Gasteiger partial charge in [0.15, 0.2) is 5.60 Å². The van der Waals surface area contributed by atoms with E-state index in [-0.39, 0.29) is 6.61 Å². The van der Waals surface area contributed by atoms with Gasteiger partial charge in [0.1, 0.15) is 12.2 Å². The van der Waals surface area contributed by atoms with E-state index in [1.807, 2.05) is 84.9 Å². The molecule has 6 rings (SSSR count). The Bertz CT molecular complexity index is 1100. The normalized spacial score (nSPS) is 34.8. The summed E-state index contributed by atoms with van der Waals surface area (Å²) in [4.78, 5) is 12.9. The topological polar surface area (TPSA) is 35.5 Å². The molecule has 2 bridgehead atoms. The highest BCUT2D eigenvalue weighted by atomic mass is 19.1. The fourth-order valence-corrected chi connectivity index (χ4v) is 5.50. The Morgan fingerprint density at radius 3 is 2.04 bits per heavy atom. The second-order valence-electron chi connectivity index (χ2n) is 7.66. The molecule has 2 saturated heterocycles. The zero-order valence-corrected chi connectivity index (χ0v) is 15.0. The van der Waals surface area contributed by atoms with Gasteiger partial charge >= 0.3 is 5.97 Å². The molecule has 4 heteroatoms. The van der Waals surface area contributed by atoms with E-state index in [4.69, 9.17) is 9.47 Å². The van der Waals surface area contributed by atoms with Crippen LogP contribution in [0.4, 0.5) is 4.39 Å². The fraction of sp³-hybridized carbons (Fsp3) is 0.208. The third-order valence-corrected chi connectivity index (χ3v) is 6.56. The zero-order valence-electron chi connectivity index (χ0n) is 15.0. The Morgan fingerprint density at radius 1 is 0.786 bits per heavy atom. The Kier molecular flexibility index (Phi) is 2.91. The van der Waals surface area contributed by atoms with Crippen molar-refractivity contribution in [2.24, 2.45) is 5.92 Å². The Labute approximate surface area is 161 Å². The van der Waals surface area contributed by atoms with E-state index < -0.39 is 28.8 Å². The molecule has 3 aromatic carbocycles. The van der Waals surface area contributed by atoms with Crippen LogP contribution in [0.3, 0.4) is 0 Å². The van der Waals surface area contributed by atoms with Gasteiger partial charge in [-0.05, 0) is 22.3 Å². The van der Waals surface area contributed by atoms with E-state index in [0.29, 0.717) is 11.1 Å². The summed E-state index contributed by atoms with van der Waals surface area (Å²) in [6, 6.07) is 26.5. The standard InChI is InChI=1S/C24H17FO3/c25-23-20(15-27-21(23)26)22(16-9-3-1-4-10-16)18-13-7-8-14-19(18)24(23,28-22)17-11-5-2-6-12-17/h1-14,20H,15H2/t20-,22-,23-,24+/m1/s1. The number of hydrogen-bond acceptors (Lipinski definition) is 3. The van der Waals surface area contributed by atoms with Crippen LogP contribution in [0.2, 0.25) is 0 Å². The lowest BCUT2D eigenvalue weighted by molar-refractivity contribution is -0.161. The molecule has 0 spiro atoms. The van der Waals surface area contributed by atoms with E-state index in [1.165, 1.54) is 0 Å². The first kappa shape index (κ1) is 16.0. The van der Waals surface area contributed by atoms with Crippen LogP contribution in [0, 0.1) is 5.92 Å². The molecular formula is C24H17FO3. The van der Waals surface area contributed by atoms with E-state index in [2.05, 4.69) is 0 Å². The van der Waals surface area contributed by atoms with Crippen molar-refractivity contribution >= 4 is 5.97 Å². The van der Waals surface area contributed by atoms with Crippen LogP contribution in [0.25, 0.3) is 0 Å². The monoisotopic (exact) mass is 372 g/mol. The van der Waals surface area contributed by atoms with E-state index in [0.717, 1.165) is 11.1 Å². The second-order valence-corrected chi connectivity index (χ2v) is 7.66. The van der Waals surface area contributed by atoms with Gasteiger partial charge in [0.25, 0.3) is 5.67 Å². The maximum Gasteiger partial charge on any atom is 0.348 e. The number of benzene rings is 3. The fourth-order valence-electron chi connectivity index (χ4n) is 5.50. The van der Waals surface area contributed by atoms with Gasteiger partial charge in [-0.2, -0.15) is 0 Å². The Morgan fingerprint density at radius 2 is 1.36 bits per heavy atom. The minimum Gasteiger partial charge on any atom is -0.463 e. The van der Waals surface area contributed by atoms with Gasteiger partial charge in [-0.25, -0.2) is 9.18 Å². The van der Waals surface area contributed by atoms with Crippen molar-refractivity contribution in [3.63, 3.8) is 0 Å². The largest absolute Gasteiger partial charge is 0.463 e. The summed E-state index contributed by atoms with van der Waals surface area (Å²) in [6.45, 7) is -0.00680. The quantitative estimate of drug-likeness (QED) is 0.636. The van der Waals surface area contributed by atoms with E-state index in [1.54, 1.807) is 0 Å². The summed E-state index contributed by atoms with van der Waals surface area (Å²) in [5, 5.41) is 0. The van der Waals surface area contributed by atoms with Gasteiger partial charge in [0.05, 0.1) is 5.92 Å². The number of cyclic esters (lactones) is 1. The van der Waals surface area contributed by atoms with Crippen LogP contribution in [-0.2, 0) is 25.5 Å². The van der Waals surface area contributed by atoms with Crippen molar-refractivity contribution in [3.05, 3.63) is 107 Å². The van der Waals surface area contributed by atoms with Crippen LogP contribution in [0.5, 0.6) is 0 Å². The maximum atomic E-state index is 16.9. The molecule has 0 radical (unpaired) electrons. The third-order valence-electron chi connectivity index (χ3n) is 6.56. The zero-order chi connectivity index (χ0) is 19.0. The molecule has 3 heterocycles. The second kappa shape index (κ2) is 5.09. The maximum absolute atomic E-state index is 16.9. The van der Waals surface area contributed by atoms with Gasteiger partial charge < -0.3 is 9.47 Å². The van der Waals surface area contributed by atoms with Gasteiger partial charge in [-0.15, -0.1) is 0 Å². The summed E-state index contributed by atoms with van der Waals surface area (Å²) in [6.07, 6.45) is 0. The first-order valence-corrected chi connectivity index (χ1v) is 9.43. The van der Waals surface area contributed by atoms with Crippen molar-refractivity contribution < 1.29 is 18.7 Å². The van der Waals surface area contributed by atoms with Crippen molar-refractivity contribution in [2.75, 3.05) is 6.61 Å². The summed E-state index contributed by atoms with van der Waals surface area (Å²) < 4.78 is 29.0. The Balaban J connectivity index is 1.77. The number of halogens is 1. The highest BCUT2D eigenvalue weighted by molar-refractivity contribution is 5.88. The van der Waals surface area contributed by atoms with Crippen LogP contribution < -0.4 is 0 Å². The summed E-state index contributed by atoms with van der Waals surface area (Å²) in [7, 11) is 0. The van der Waals surface area contributed by atoms with Gasteiger partial charge in [-0.3, -0.25) is 0 Å². The number of carbonyl (C=O) groups excluding carboxylic acids is 1. The minimum absolute atomic E-state index is 0.00680. The molecule has 0 amide bonds. The number of rotatable bonds is 2. The molecule has 3 aliphatic rings. The average Bonchev–Trinajstić information content (AvgIpc) is 3.33. The molecule has 138 valence electrons. The number of esters is 1. The number of hydrogen-bond donors (Lipinski definition) is 0. The average molecular weight is 372 g/mol. The first-order chi connectivity index (χ1) is 13.7. The molecule has 3 aliphatic heterocycles. The summed E-state index contributed by atoms with van der Waals surface area (Å²) in [5.74, 6) is -1.60. The number of alkyl halides is 1. The summed E-state index contributed by atoms with van der Waals surface area (Å²) in [5.41, 5.74) is -1.83. The van der Waals surface area contributed by atoms with Crippen molar-refractivity contribution in [1.29, 1.82) is 0 Å². The predicted molar refractivity (Wildman–Crippen MR) is 100 cm³/mol. The lowest BCUT2D eigenvalue weighted by atomic mass is 9.60. The molecule has 0 aliphatic carbocycles. The van der Waals surface area contributed by atoms with Crippen molar-refractivity contribution in [1.82, 2.24) is 0 Å². The van der Waals surface area contributed by atoms with Gasteiger partial charge in [-0.1, -0.05) is 84.9 Å². The molecule has 0 unspecified atom stereocenters. The highest BCUT2D eigenvalue weighted by Gasteiger charge is 2.84. The lowest BCUT2D eigenvalue weighted by Gasteiger charge is -2.38. The third kappa shape index (κ3) is 1.51. The predicted octanol–water partition coefficient (Wildman–Crippen LogP) is 4.10. The molecule has 0 aromatic heterocycles. The van der Waals surface area contributed by atoms with Crippen LogP contribution in [0.1, 0.15) is 22.3 Å². The number of ether oxygens (including phenoxy) is 2. The van der Waals surface area contributed by atoms with E-state index >= 15 is 4.39 Å². The van der Waals surface area contributed by atoms with Crippen molar-refractivity contribution in [3.8, 4) is 0 Å². The molecule has 0 saturated carbocycles. The first-order valence-electron chi connectivity index (χ1n) is 9.43. The molecule has 2 fully saturated rings. The van der Waals surface area contributed by atoms with E-state index in [9.17, 15) is 4.79 Å². The SMILES string of the molecule is O=C1OC[C@@H]2[C@]3(c4ccccc4)O[C@@](c4ccccc4)(c4ccccc43)[C@]12F. The van der Waals surface area contributed by atoms with Crippen molar-refractivity contribution in [2.45, 2.75) is 16.9 Å². The lowest BCUT2D eigenvalue weighted by Crippen LogP contribution is -2.54. The smallest absolute Gasteiger partial charge is 0.348 e. The van der Waals surface area contributed by atoms with Crippen LogP contribution in [-0.4, -0.2) is 18.2 Å². The van der Waals surface area contributed by atoms with Crippen LogP contribution in [0.15, 0.2) is 84.9 Å². The molecule has 3 nitrogen and oxygen atoms in total. The number of fused-ring (bicyclic) bond motifs is 8. The Hall–Kier alpha value is -2.98. The molecule has 28 heavy (non-hydrogen) atoms. The van der Waals surface area contributed by atoms with Gasteiger partial charge in [0, 0.05) is 0 Å². The van der Waals surface area contributed by atoms with Crippen LogP contribution >= 0.6 is 0 Å². The highest BCUT2D eigenvalue weighted by Crippen LogP contribution is 2.72. The summed E-state index contributed by atoms with van der Waals surface area (Å²) >= 11 is 0. The molecule has 4 atom stereocenters. The molecular weight excluding hydrogens is 355 g/mol. The minimum atomic E-state index is -2.29. The molecule has 0 N–H and O–H groups in total. The number of carbonyl (C=O) groups is 1. The molecule has 3 aromatic rings. The van der Waals surface area contributed by atoms with Gasteiger partial charge in [0.2, 0.25) is 0 Å².